The van der Waals surface area contributed by atoms with Gasteiger partial charge in [-0.3, -0.25) is 4.79 Å². The zero-order valence-electron chi connectivity index (χ0n) is 17.4. The lowest BCUT2D eigenvalue weighted by Gasteiger charge is -2.25. The Morgan fingerprint density at radius 2 is 1.77 bits per heavy atom. The van der Waals surface area contributed by atoms with Crippen LogP contribution < -0.4 is 5.32 Å². The first kappa shape index (κ1) is 23.3. The summed E-state index contributed by atoms with van der Waals surface area (Å²) in [6.45, 7) is 4.68. The summed E-state index contributed by atoms with van der Waals surface area (Å²) in [7, 11) is 0. The maximum absolute atomic E-state index is 13.4. The minimum absolute atomic E-state index is 0.0523. The number of rotatable bonds is 8. The highest BCUT2D eigenvalue weighted by atomic mass is 19.1. The molecule has 6 nitrogen and oxygen atoms in total. The molecule has 162 valence electrons. The van der Waals surface area contributed by atoms with Gasteiger partial charge >= 0.3 is 12.1 Å². The fraction of sp³-hybridized carbons (Fsp3) is 0.391. The van der Waals surface area contributed by atoms with E-state index in [1.54, 1.807) is 26.8 Å². The van der Waals surface area contributed by atoms with Gasteiger partial charge in [-0.15, -0.1) is 0 Å². The molecule has 0 aliphatic rings. The van der Waals surface area contributed by atoms with E-state index in [1.807, 2.05) is 30.3 Å². The third kappa shape index (κ3) is 7.48. The Morgan fingerprint density at radius 1 is 1.10 bits per heavy atom. The summed E-state index contributed by atoms with van der Waals surface area (Å²) in [6.07, 6.45) is -0.241. The van der Waals surface area contributed by atoms with Crippen LogP contribution in [0.5, 0.6) is 0 Å². The standard InChI is InChI=1S/C23H28FNO5/c1-23(2,3)30-22(29)25-20(13-18(14-26)21(27)28)11-15-7-9-16(10-8-15)17-5-4-6-19(24)12-17/h4-10,12,18,20,26H,11,13-14H2,1-3H3,(H,25,29)(H,27,28)/t18-,20+/m0/s1. The van der Waals surface area contributed by atoms with Gasteiger partial charge in [-0.2, -0.15) is 0 Å². The van der Waals surface area contributed by atoms with Crippen molar-refractivity contribution in [3.05, 3.63) is 59.9 Å². The van der Waals surface area contributed by atoms with Crippen LogP contribution in [0.25, 0.3) is 11.1 Å². The molecule has 0 aliphatic carbocycles. The fourth-order valence-corrected chi connectivity index (χ4v) is 3.05. The van der Waals surface area contributed by atoms with Crippen molar-refractivity contribution in [2.24, 2.45) is 5.92 Å². The summed E-state index contributed by atoms with van der Waals surface area (Å²) in [6, 6.07) is 13.1. The van der Waals surface area contributed by atoms with Crippen molar-refractivity contribution >= 4 is 12.1 Å². The first-order valence-corrected chi connectivity index (χ1v) is 9.75. The largest absolute Gasteiger partial charge is 0.481 e. The molecule has 3 N–H and O–H groups in total. The van der Waals surface area contributed by atoms with Crippen LogP contribution in [-0.4, -0.2) is 40.5 Å². The zero-order chi connectivity index (χ0) is 22.3. The second kappa shape index (κ2) is 10.2. The number of nitrogens with one attached hydrogen (secondary N) is 1. The molecule has 0 fully saturated rings. The summed E-state index contributed by atoms with van der Waals surface area (Å²) < 4.78 is 18.7. The second-order valence-electron chi connectivity index (χ2n) is 8.21. The topological polar surface area (TPSA) is 95.9 Å². The number of carboxylic acids is 1. The molecule has 0 aromatic heterocycles. The Morgan fingerprint density at radius 3 is 2.30 bits per heavy atom. The molecule has 7 heteroatoms. The van der Waals surface area contributed by atoms with Crippen molar-refractivity contribution in [1.29, 1.82) is 0 Å². The van der Waals surface area contributed by atoms with E-state index < -0.39 is 36.2 Å². The van der Waals surface area contributed by atoms with Crippen LogP contribution >= 0.6 is 0 Å². The van der Waals surface area contributed by atoms with Gasteiger partial charge in [0.2, 0.25) is 0 Å². The first-order chi connectivity index (χ1) is 14.1. The molecular weight excluding hydrogens is 389 g/mol. The van der Waals surface area contributed by atoms with E-state index in [9.17, 15) is 24.2 Å². The third-order valence-electron chi connectivity index (χ3n) is 4.45. The van der Waals surface area contributed by atoms with Crippen molar-refractivity contribution in [1.82, 2.24) is 5.32 Å². The maximum atomic E-state index is 13.4. The van der Waals surface area contributed by atoms with Crippen LogP contribution in [0.1, 0.15) is 32.8 Å². The number of carbonyl (C=O) groups is 2. The van der Waals surface area contributed by atoms with Gasteiger partial charge in [0.05, 0.1) is 12.5 Å². The molecule has 2 rings (SSSR count). The molecular formula is C23H28FNO5. The first-order valence-electron chi connectivity index (χ1n) is 9.75. The minimum atomic E-state index is -1.13. The summed E-state index contributed by atoms with van der Waals surface area (Å²) in [4.78, 5) is 23.5. The summed E-state index contributed by atoms with van der Waals surface area (Å²) in [5, 5.41) is 21.3. The molecule has 0 heterocycles. The Hall–Kier alpha value is -2.93. The van der Waals surface area contributed by atoms with Gasteiger partial charge in [-0.05, 0) is 62.4 Å². The molecule has 0 radical (unpaired) electrons. The van der Waals surface area contributed by atoms with E-state index in [1.165, 1.54) is 12.1 Å². The molecule has 0 bridgehead atoms. The van der Waals surface area contributed by atoms with Crippen molar-refractivity contribution in [2.45, 2.75) is 45.3 Å². The van der Waals surface area contributed by atoms with Crippen molar-refractivity contribution < 1.29 is 28.9 Å². The average Bonchev–Trinajstić information content (AvgIpc) is 2.64. The number of aliphatic carboxylic acids is 1. The lowest BCUT2D eigenvalue weighted by Crippen LogP contribution is -2.42. The maximum Gasteiger partial charge on any atom is 0.407 e. The van der Waals surface area contributed by atoms with Crippen LogP contribution in [0.2, 0.25) is 0 Å². The zero-order valence-corrected chi connectivity index (χ0v) is 17.4. The number of halogens is 1. The third-order valence-corrected chi connectivity index (χ3v) is 4.45. The van der Waals surface area contributed by atoms with Crippen LogP contribution in [0.15, 0.2) is 48.5 Å². The van der Waals surface area contributed by atoms with Crippen molar-refractivity contribution in [3.8, 4) is 11.1 Å². The molecule has 1 amide bonds. The number of hydrogen-bond donors (Lipinski definition) is 3. The van der Waals surface area contributed by atoms with Gasteiger partial charge in [0.1, 0.15) is 11.4 Å². The average molecular weight is 417 g/mol. The number of hydrogen-bond acceptors (Lipinski definition) is 4. The molecule has 0 saturated carbocycles. The number of aliphatic hydroxyl groups excluding tert-OH is 1. The van der Waals surface area contributed by atoms with E-state index >= 15 is 0 Å². The number of alkyl carbamates (subject to hydrolysis) is 1. The molecule has 0 aliphatic heterocycles. The predicted molar refractivity (Wildman–Crippen MR) is 112 cm³/mol. The van der Waals surface area contributed by atoms with Crippen LogP contribution in [0.3, 0.4) is 0 Å². The van der Waals surface area contributed by atoms with E-state index in [0.29, 0.717) is 6.42 Å². The number of amides is 1. The van der Waals surface area contributed by atoms with Gasteiger partial charge in [0.15, 0.2) is 0 Å². The van der Waals surface area contributed by atoms with E-state index in [-0.39, 0.29) is 12.2 Å². The number of aliphatic hydroxyl groups is 1. The van der Waals surface area contributed by atoms with Crippen molar-refractivity contribution in [2.75, 3.05) is 6.61 Å². The summed E-state index contributed by atoms with van der Waals surface area (Å²) in [5.41, 5.74) is 1.76. The Kier molecular flexibility index (Phi) is 7.94. The van der Waals surface area contributed by atoms with Crippen LogP contribution in [-0.2, 0) is 16.0 Å². The van der Waals surface area contributed by atoms with Crippen molar-refractivity contribution in [3.63, 3.8) is 0 Å². The summed E-state index contributed by atoms with van der Waals surface area (Å²) >= 11 is 0. The molecule has 0 unspecified atom stereocenters. The van der Waals surface area contributed by atoms with Gasteiger partial charge in [-0.25, -0.2) is 9.18 Å². The molecule has 2 atom stereocenters. The monoisotopic (exact) mass is 417 g/mol. The predicted octanol–water partition coefficient (Wildman–Crippen LogP) is 4.01. The van der Waals surface area contributed by atoms with Crippen LogP contribution in [0, 0.1) is 11.7 Å². The van der Waals surface area contributed by atoms with Crippen LogP contribution in [0.4, 0.5) is 9.18 Å². The molecule has 2 aromatic rings. The van der Waals surface area contributed by atoms with E-state index in [2.05, 4.69) is 5.32 Å². The Bertz CT molecular complexity index is 861. The highest BCUT2D eigenvalue weighted by molar-refractivity contribution is 5.71. The number of carbonyl (C=O) groups excluding carboxylic acids is 1. The normalized spacial score (nSPS) is 13.4. The fourth-order valence-electron chi connectivity index (χ4n) is 3.05. The lowest BCUT2D eigenvalue weighted by molar-refractivity contribution is -0.143. The smallest absolute Gasteiger partial charge is 0.407 e. The SMILES string of the molecule is CC(C)(C)OC(=O)N[C@H](Cc1ccc(-c2cccc(F)c2)cc1)C[C@@H](CO)C(=O)O. The number of carboxylic acid groups (broad SMARTS) is 1. The lowest BCUT2D eigenvalue weighted by atomic mass is 9.94. The molecule has 0 spiro atoms. The van der Waals surface area contributed by atoms with E-state index in [0.717, 1.165) is 16.7 Å². The Labute approximate surface area is 175 Å². The van der Waals surface area contributed by atoms with Gasteiger partial charge in [-0.1, -0.05) is 36.4 Å². The summed E-state index contributed by atoms with van der Waals surface area (Å²) in [5.74, 6) is -2.45. The highest BCUT2D eigenvalue weighted by Gasteiger charge is 2.25. The minimum Gasteiger partial charge on any atom is -0.481 e. The molecule has 0 saturated heterocycles. The number of benzene rings is 2. The van der Waals surface area contributed by atoms with Gasteiger partial charge < -0.3 is 20.3 Å². The highest BCUT2D eigenvalue weighted by Crippen LogP contribution is 2.22. The quantitative estimate of drug-likeness (QED) is 0.603. The number of ether oxygens (including phenoxy) is 1. The van der Waals surface area contributed by atoms with Gasteiger partial charge in [0.25, 0.3) is 0 Å². The van der Waals surface area contributed by atoms with Gasteiger partial charge in [0, 0.05) is 6.04 Å². The second-order valence-corrected chi connectivity index (χ2v) is 8.21. The molecule has 30 heavy (non-hydrogen) atoms. The van der Waals surface area contributed by atoms with E-state index in [4.69, 9.17) is 4.74 Å². The molecule has 2 aromatic carbocycles. The Balaban J connectivity index is 2.15.